The number of cyclic esters (lactones) is 1. The number of alkyl halides is 3. The van der Waals surface area contributed by atoms with E-state index in [0.29, 0.717) is 4.90 Å². The van der Waals surface area contributed by atoms with E-state index in [9.17, 15) is 27.6 Å². The maximum Gasteiger partial charge on any atom is 0.435 e. The normalized spacial score (nSPS) is 15.2. The van der Waals surface area contributed by atoms with Crippen molar-refractivity contribution in [2.24, 2.45) is 0 Å². The van der Waals surface area contributed by atoms with Crippen LogP contribution in [0.2, 0.25) is 0 Å². The third-order valence-corrected chi connectivity index (χ3v) is 2.55. The summed E-state index contributed by atoms with van der Waals surface area (Å²) in [5.74, 6) is -2.94. The van der Waals surface area contributed by atoms with Crippen LogP contribution in [0.4, 0.5) is 18.0 Å². The first kappa shape index (κ1) is 14.7. The maximum atomic E-state index is 12.8. The highest BCUT2D eigenvalue weighted by atomic mass is 19.4. The summed E-state index contributed by atoms with van der Waals surface area (Å²) < 4.78 is 43.0. The van der Waals surface area contributed by atoms with Crippen molar-refractivity contribution in [2.75, 3.05) is 13.2 Å². The van der Waals surface area contributed by atoms with E-state index in [1.165, 1.54) is 0 Å². The number of carboxylic acids is 1. The molecule has 2 heterocycles. The molecule has 0 bridgehead atoms. The molecule has 0 aromatic carbocycles. The lowest BCUT2D eigenvalue weighted by Gasteiger charge is -2.13. The highest BCUT2D eigenvalue weighted by molar-refractivity contribution is 5.93. The molecule has 1 aliphatic heterocycles. The van der Waals surface area contributed by atoms with Crippen molar-refractivity contribution in [3.8, 4) is 0 Å². The lowest BCUT2D eigenvalue weighted by atomic mass is 10.3. The molecule has 1 fully saturated rings. The second kappa shape index (κ2) is 5.03. The molecule has 9 nitrogen and oxygen atoms in total. The maximum absolute atomic E-state index is 12.8. The molecule has 0 radical (unpaired) electrons. The number of carbonyl (C=O) groups is 3. The lowest BCUT2D eigenvalue weighted by molar-refractivity contribution is -0.145. The van der Waals surface area contributed by atoms with Crippen molar-refractivity contribution in [1.82, 2.24) is 19.9 Å². The van der Waals surface area contributed by atoms with Gasteiger partial charge in [-0.2, -0.15) is 13.2 Å². The van der Waals surface area contributed by atoms with E-state index in [-0.39, 0.29) is 17.8 Å². The zero-order chi connectivity index (χ0) is 15.8. The van der Waals surface area contributed by atoms with E-state index in [0.717, 1.165) is 0 Å². The summed E-state index contributed by atoms with van der Waals surface area (Å²) in [5, 5.41) is 14.5. The van der Waals surface area contributed by atoms with Gasteiger partial charge in [-0.1, -0.05) is 5.21 Å². The molecule has 2 amide bonds. The SMILES string of the molecule is O=C(O)c1nnn(CC(=O)N2CCOC2=O)c1C(F)(F)F. The first-order valence-corrected chi connectivity index (χ1v) is 5.43. The van der Waals surface area contributed by atoms with Crippen molar-refractivity contribution in [2.45, 2.75) is 12.7 Å². The molecule has 1 N–H and O–H groups in total. The number of ether oxygens (including phenoxy) is 1. The lowest BCUT2D eigenvalue weighted by Crippen LogP contribution is -2.35. The summed E-state index contributed by atoms with van der Waals surface area (Å²) in [4.78, 5) is 34.1. The topological polar surface area (TPSA) is 115 Å². The molecule has 12 heteroatoms. The molecule has 0 aliphatic carbocycles. The Labute approximate surface area is 113 Å². The average molecular weight is 308 g/mol. The Kier molecular flexibility index (Phi) is 3.53. The molecule has 1 aromatic heterocycles. The van der Waals surface area contributed by atoms with Crippen molar-refractivity contribution < 1.29 is 37.4 Å². The van der Waals surface area contributed by atoms with E-state index in [1.54, 1.807) is 0 Å². The van der Waals surface area contributed by atoms with E-state index in [4.69, 9.17) is 5.11 Å². The molecule has 21 heavy (non-hydrogen) atoms. The molecular weight excluding hydrogens is 301 g/mol. The third-order valence-electron chi connectivity index (χ3n) is 2.55. The number of carbonyl (C=O) groups excluding carboxylic acids is 2. The fraction of sp³-hybridized carbons (Fsp3) is 0.444. The molecular formula is C9H7F3N4O5. The Hall–Kier alpha value is -2.66. The number of imide groups is 1. The summed E-state index contributed by atoms with van der Waals surface area (Å²) in [5.41, 5.74) is -2.99. The van der Waals surface area contributed by atoms with E-state index >= 15 is 0 Å². The Morgan fingerprint density at radius 2 is 2.05 bits per heavy atom. The van der Waals surface area contributed by atoms with Crippen LogP contribution in [0, 0.1) is 0 Å². The number of carboxylic acid groups (broad SMARTS) is 1. The number of amides is 2. The number of rotatable bonds is 3. The van der Waals surface area contributed by atoms with Gasteiger partial charge < -0.3 is 9.84 Å². The zero-order valence-corrected chi connectivity index (χ0v) is 10.1. The number of halogens is 3. The van der Waals surface area contributed by atoms with Crippen LogP contribution < -0.4 is 0 Å². The van der Waals surface area contributed by atoms with Gasteiger partial charge in [0.1, 0.15) is 13.2 Å². The molecule has 2 rings (SSSR count). The fourth-order valence-electron chi connectivity index (χ4n) is 1.68. The predicted octanol–water partition coefficient (Wildman–Crippen LogP) is -0.0261. The monoisotopic (exact) mass is 308 g/mol. The second-order valence-corrected chi connectivity index (χ2v) is 3.91. The summed E-state index contributed by atoms with van der Waals surface area (Å²) in [6.07, 6.45) is -6.05. The summed E-state index contributed by atoms with van der Waals surface area (Å²) in [6.45, 7) is -1.14. The predicted molar refractivity (Wildman–Crippen MR) is 55.0 cm³/mol. The molecule has 0 spiro atoms. The summed E-state index contributed by atoms with van der Waals surface area (Å²) in [6, 6.07) is 0. The smallest absolute Gasteiger partial charge is 0.435 e. The first-order chi connectivity index (χ1) is 9.71. The van der Waals surface area contributed by atoms with Crippen molar-refractivity contribution in [3.05, 3.63) is 11.4 Å². The minimum absolute atomic E-state index is 0.0611. The largest absolute Gasteiger partial charge is 0.476 e. The highest BCUT2D eigenvalue weighted by Crippen LogP contribution is 2.31. The van der Waals surface area contributed by atoms with Crippen LogP contribution in [0.5, 0.6) is 0 Å². The molecule has 0 saturated carbocycles. The Bertz CT molecular complexity index is 611. The zero-order valence-electron chi connectivity index (χ0n) is 10.1. The van der Waals surface area contributed by atoms with E-state index in [2.05, 4.69) is 15.0 Å². The first-order valence-electron chi connectivity index (χ1n) is 5.43. The van der Waals surface area contributed by atoms with Crippen molar-refractivity contribution in [3.63, 3.8) is 0 Å². The van der Waals surface area contributed by atoms with Gasteiger partial charge in [0.2, 0.25) is 5.69 Å². The van der Waals surface area contributed by atoms with E-state index in [1.807, 2.05) is 0 Å². The number of hydrogen-bond donors (Lipinski definition) is 1. The van der Waals surface area contributed by atoms with Crippen LogP contribution in [0.15, 0.2) is 0 Å². The second-order valence-electron chi connectivity index (χ2n) is 3.91. The van der Waals surface area contributed by atoms with Crippen molar-refractivity contribution in [1.29, 1.82) is 0 Å². The van der Waals surface area contributed by atoms with Gasteiger partial charge in [-0.3, -0.25) is 4.79 Å². The molecule has 1 aromatic rings. The van der Waals surface area contributed by atoms with Gasteiger partial charge in [0.15, 0.2) is 5.69 Å². The van der Waals surface area contributed by atoms with Crippen LogP contribution in [0.25, 0.3) is 0 Å². The number of aromatic nitrogens is 3. The van der Waals surface area contributed by atoms with Crippen molar-refractivity contribution >= 4 is 18.0 Å². The minimum atomic E-state index is -5.07. The van der Waals surface area contributed by atoms with Crippen LogP contribution in [0.1, 0.15) is 16.2 Å². The summed E-state index contributed by atoms with van der Waals surface area (Å²) >= 11 is 0. The van der Waals surface area contributed by atoms with Gasteiger partial charge in [-0.15, -0.1) is 5.10 Å². The minimum Gasteiger partial charge on any atom is -0.476 e. The van der Waals surface area contributed by atoms with Gasteiger partial charge in [-0.25, -0.2) is 19.2 Å². The number of nitrogens with zero attached hydrogens (tertiary/aromatic N) is 4. The van der Waals surface area contributed by atoms with Crippen LogP contribution >= 0.6 is 0 Å². The number of hydrogen-bond acceptors (Lipinski definition) is 6. The van der Waals surface area contributed by atoms with Gasteiger partial charge in [0, 0.05) is 0 Å². The molecule has 1 aliphatic rings. The van der Waals surface area contributed by atoms with Crippen LogP contribution in [-0.2, 0) is 22.3 Å². The van der Waals surface area contributed by atoms with E-state index < -0.39 is 42.1 Å². The molecule has 0 unspecified atom stereocenters. The molecule has 1 saturated heterocycles. The quantitative estimate of drug-likeness (QED) is 0.834. The number of aromatic carboxylic acids is 1. The Morgan fingerprint density at radius 3 is 2.52 bits per heavy atom. The molecule has 114 valence electrons. The van der Waals surface area contributed by atoms with Gasteiger partial charge in [0.25, 0.3) is 5.91 Å². The van der Waals surface area contributed by atoms with Gasteiger partial charge >= 0.3 is 18.2 Å². The average Bonchev–Trinajstić information content (AvgIpc) is 2.94. The standard InChI is InChI=1S/C9H7F3N4O5/c10-9(11,12)6-5(7(18)19)13-14-16(6)3-4(17)15-1-2-21-8(15)20/h1-3H2,(H,18,19). The fourth-order valence-corrected chi connectivity index (χ4v) is 1.68. The van der Waals surface area contributed by atoms with Gasteiger partial charge in [-0.05, 0) is 0 Å². The van der Waals surface area contributed by atoms with Crippen LogP contribution in [-0.4, -0.2) is 56.1 Å². The Balaban J connectivity index is 2.30. The molecule has 0 atom stereocenters. The van der Waals surface area contributed by atoms with Gasteiger partial charge in [0.05, 0.1) is 6.54 Å². The third kappa shape index (κ3) is 2.78. The van der Waals surface area contributed by atoms with Crippen LogP contribution in [0.3, 0.4) is 0 Å². The Morgan fingerprint density at radius 1 is 1.38 bits per heavy atom. The highest BCUT2D eigenvalue weighted by Gasteiger charge is 2.42. The summed E-state index contributed by atoms with van der Waals surface area (Å²) in [7, 11) is 0.